The number of rotatable bonds is 12. The van der Waals surface area contributed by atoms with Crippen LogP contribution in [0.25, 0.3) is 0 Å². The highest BCUT2D eigenvalue weighted by Gasteiger charge is 2.65. The van der Waals surface area contributed by atoms with Crippen molar-refractivity contribution in [3.8, 4) is 0 Å². The molecule has 1 saturated heterocycles. The first-order chi connectivity index (χ1) is 27.2. The fraction of sp³-hybridized carbons (Fsp3) is 0.894. The Kier molecular flexibility index (Phi) is 13.8. The highest BCUT2D eigenvalue weighted by Crippen LogP contribution is 2.61. The average Bonchev–Trinajstić information content (AvgIpc) is 3.78. The maximum atomic E-state index is 12.4. The molecule has 8 rings (SSSR count). The SMILES string of the molecule is CCC(C)(C)C(=O)OC(C)(C)C1CCCCC1.CCC(C)(C)C(=O)OC12CC3CC(O)(CC(O)(C3)C1)C2.CCC(C)(C)C(=O)OCC(=O)OC1C2CC3C(=O)OC1C3C2. The van der Waals surface area contributed by atoms with Gasteiger partial charge >= 0.3 is 29.8 Å². The summed E-state index contributed by atoms with van der Waals surface area (Å²) in [5, 5.41) is 21.3. The van der Waals surface area contributed by atoms with Gasteiger partial charge in [0.15, 0.2) is 6.61 Å². The summed E-state index contributed by atoms with van der Waals surface area (Å²) in [6.07, 6.45) is 13.1. The molecular weight excluding hydrogens is 757 g/mol. The normalized spacial score (nSPS) is 34.5. The van der Waals surface area contributed by atoms with Crippen molar-refractivity contribution < 1.29 is 57.9 Å². The van der Waals surface area contributed by atoms with Crippen LogP contribution in [0.15, 0.2) is 0 Å². The lowest BCUT2D eigenvalue weighted by molar-refractivity contribution is -0.264. The van der Waals surface area contributed by atoms with E-state index in [1.54, 1.807) is 13.8 Å². The Morgan fingerprint density at radius 2 is 1.27 bits per heavy atom. The molecule has 7 saturated carbocycles. The number of fused-ring (bicyclic) bond motifs is 1. The lowest BCUT2D eigenvalue weighted by Gasteiger charge is -2.62. The topological polar surface area (TPSA) is 172 Å². The molecule has 0 aromatic rings. The van der Waals surface area contributed by atoms with E-state index in [2.05, 4.69) is 13.8 Å². The first-order valence-electron chi connectivity index (χ1n) is 22.7. The van der Waals surface area contributed by atoms with Gasteiger partial charge in [0.1, 0.15) is 23.4 Å². The Morgan fingerprint density at radius 3 is 1.81 bits per heavy atom. The minimum absolute atomic E-state index is 0.00636. The zero-order valence-corrected chi connectivity index (χ0v) is 38.0. The van der Waals surface area contributed by atoms with Crippen LogP contribution in [0, 0.1) is 45.8 Å². The van der Waals surface area contributed by atoms with Crippen molar-refractivity contribution in [3.05, 3.63) is 0 Å². The predicted molar refractivity (Wildman–Crippen MR) is 219 cm³/mol. The zero-order chi connectivity index (χ0) is 44.0. The van der Waals surface area contributed by atoms with Gasteiger partial charge < -0.3 is 33.9 Å². The van der Waals surface area contributed by atoms with Crippen LogP contribution in [0.4, 0.5) is 0 Å². The van der Waals surface area contributed by atoms with E-state index in [1.165, 1.54) is 32.1 Å². The van der Waals surface area contributed by atoms with E-state index in [4.69, 9.17) is 23.7 Å². The van der Waals surface area contributed by atoms with Gasteiger partial charge in [-0.05, 0) is 131 Å². The molecule has 0 aromatic heterocycles. The fourth-order valence-electron chi connectivity index (χ4n) is 11.0. The largest absolute Gasteiger partial charge is 0.459 e. The molecule has 0 aromatic carbocycles. The molecule has 0 radical (unpaired) electrons. The zero-order valence-electron chi connectivity index (χ0n) is 38.0. The molecule has 12 nitrogen and oxygen atoms in total. The molecule has 1 aliphatic heterocycles. The van der Waals surface area contributed by atoms with Crippen molar-refractivity contribution in [2.24, 2.45) is 45.8 Å². The molecule has 0 amide bonds. The van der Waals surface area contributed by atoms with Gasteiger partial charge in [-0.3, -0.25) is 19.2 Å². The van der Waals surface area contributed by atoms with Crippen LogP contribution in [0.2, 0.25) is 0 Å². The van der Waals surface area contributed by atoms with Gasteiger partial charge in [0.25, 0.3) is 0 Å². The van der Waals surface area contributed by atoms with Crippen molar-refractivity contribution in [1.29, 1.82) is 0 Å². The second kappa shape index (κ2) is 17.2. The Labute approximate surface area is 352 Å². The summed E-state index contributed by atoms with van der Waals surface area (Å²) in [6.45, 7) is 20.9. The van der Waals surface area contributed by atoms with Crippen LogP contribution >= 0.6 is 0 Å². The molecule has 7 unspecified atom stereocenters. The van der Waals surface area contributed by atoms with Crippen molar-refractivity contribution in [3.63, 3.8) is 0 Å². The maximum absolute atomic E-state index is 12.4. The van der Waals surface area contributed by atoms with Crippen LogP contribution in [-0.4, -0.2) is 81.3 Å². The van der Waals surface area contributed by atoms with Gasteiger partial charge in [0.05, 0.1) is 33.4 Å². The van der Waals surface area contributed by atoms with Crippen LogP contribution in [0.5, 0.6) is 0 Å². The fourth-order valence-corrected chi connectivity index (χ4v) is 11.0. The number of esters is 5. The molecule has 336 valence electrons. The highest BCUT2D eigenvalue weighted by atomic mass is 16.6. The molecule has 12 heteroatoms. The number of carbonyl (C=O) groups is 5. The van der Waals surface area contributed by atoms with Crippen molar-refractivity contribution in [1.82, 2.24) is 0 Å². The van der Waals surface area contributed by atoms with E-state index < -0.39 is 39.6 Å². The summed E-state index contributed by atoms with van der Waals surface area (Å²) in [7, 11) is 0. The summed E-state index contributed by atoms with van der Waals surface area (Å²) in [6, 6.07) is 0. The molecule has 0 spiro atoms. The molecule has 1 heterocycles. The Balaban J connectivity index is 0.000000170. The van der Waals surface area contributed by atoms with E-state index in [-0.39, 0.29) is 71.4 Å². The second-order valence-electron chi connectivity index (χ2n) is 22.0. The molecule has 8 aliphatic rings. The lowest BCUT2D eigenvalue weighted by atomic mass is 9.50. The first-order valence-corrected chi connectivity index (χ1v) is 22.7. The number of hydrogen-bond acceptors (Lipinski definition) is 12. The molecule has 2 N–H and O–H groups in total. The molecular formula is C47H76O12. The monoisotopic (exact) mass is 833 g/mol. The van der Waals surface area contributed by atoms with Crippen LogP contribution in [-0.2, 0) is 47.7 Å². The van der Waals surface area contributed by atoms with Crippen molar-refractivity contribution in [2.75, 3.05) is 6.61 Å². The number of hydrogen-bond donors (Lipinski definition) is 2. The van der Waals surface area contributed by atoms with E-state index >= 15 is 0 Å². The first kappa shape index (κ1) is 47.3. The molecule has 8 fully saturated rings. The Hall–Kier alpha value is -2.73. The molecule has 6 bridgehead atoms. The van der Waals surface area contributed by atoms with Crippen LogP contribution < -0.4 is 0 Å². The molecule has 7 aliphatic carbocycles. The van der Waals surface area contributed by atoms with E-state index in [0.29, 0.717) is 31.6 Å². The standard InChI is InChI=1S/C16H22O6.C16H26O4.C15H28O2/c1-4-16(2,3)15(19)20-7-11(17)21-12-8-5-9-10(6-8)14(18)22-13(9)12;1-4-13(2,3)12(17)20-16-7-11-5-14(18,9-16)8-15(19,6-11)10-16;1-6-14(2,3)13(16)17-15(4,5)12-10-8-7-9-11-12/h8-10,12-13H,4-7H2,1-3H3;11,18-19H,4-10H2,1-3H3;12H,6-11H2,1-5H3. The second-order valence-corrected chi connectivity index (χ2v) is 22.0. The van der Waals surface area contributed by atoms with Crippen LogP contribution in [0.1, 0.15) is 179 Å². The quantitative estimate of drug-likeness (QED) is 0.144. The minimum atomic E-state index is -0.842. The third-order valence-electron chi connectivity index (χ3n) is 15.5. The smallest absolute Gasteiger partial charge is 0.344 e. The highest BCUT2D eigenvalue weighted by molar-refractivity contribution is 5.80. The van der Waals surface area contributed by atoms with E-state index in [9.17, 15) is 34.2 Å². The van der Waals surface area contributed by atoms with Crippen LogP contribution in [0.3, 0.4) is 0 Å². The van der Waals surface area contributed by atoms with Gasteiger partial charge in [-0.2, -0.15) is 0 Å². The van der Waals surface area contributed by atoms with Gasteiger partial charge in [-0.15, -0.1) is 0 Å². The number of ether oxygens (including phenoxy) is 5. The van der Waals surface area contributed by atoms with Crippen molar-refractivity contribution in [2.45, 2.75) is 214 Å². The summed E-state index contributed by atoms with van der Waals surface area (Å²) in [5.41, 5.74) is -4.10. The lowest BCUT2D eigenvalue weighted by Crippen LogP contribution is -2.67. The summed E-state index contributed by atoms with van der Waals surface area (Å²) >= 11 is 0. The predicted octanol–water partition coefficient (Wildman–Crippen LogP) is 7.95. The minimum Gasteiger partial charge on any atom is -0.459 e. The van der Waals surface area contributed by atoms with Gasteiger partial charge in [-0.25, -0.2) is 4.79 Å². The Bertz CT molecular complexity index is 1550. The Morgan fingerprint density at radius 1 is 0.729 bits per heavy atom. The molecule has 59 heavy (non-hydrogen) atoms. The van der Waals surface area contributed by atoms with Crippen molar-refractivity contribution >= 4 is 29.8 Å². The van der Waals surface area contributed by atoms with Gasteiger partial charge in [0.2, 0.25) is 0 Å². The summed E-state index contributed by atoms with van der Waals surface area (Å²) in [4.78, 5) is 59.9. The number of aliphatic hydroxyl groups is 2. The van der Waals surface area contributed by atoms with Gasteiger partial charge in [0, 0.05) is 31.1 Å². The van der Waals surface area contributed by atoms with E-state index in [1.807, 2.05) is 48.5 Å². The third-order valence-corrected chi connectivity index (χ3v) is 15.5. The molecule has 7 atom stereocenters. The van der Waals surface area contributed by atoms with Gasteiger partial charge in [-0.1, -0.05) is 40.0 Å². The number of carbonyl (C=O) groups excluding carboxylic acids is 5. The summed E-state index contributed by atoms with van der Waals surface area (Å²) in [5.74, 6) is -0.198. The average molecular weight is 833 g/mol. The summed E-state index contributed by atoms with van der Waals surface area (Å²) < 4.78 is 27.5. The van der Waals surface area contributed by atoms with E-state index in [0.717, 1.165) is 44.9 Å². The maximum Gasteiger partial charge on any atom is 0.344 e. The third kappa shape index (κ3) is 10.5.